The van der Waals surface area contributed by atoms with Crippen LogP contribution in [0.4, 0.5) is 0 Å². The molecule has 0 aliphatic carbocycles. The van der Waals surface area contributed by atoms with Gasteiger partial charge in [0.15, 0.2) is 11.6 Å². The molecule has 0 saturated carbocycles. The van der Waals surface area contributed by atoms with Crippen LogP contribution in [0.5, 0.6) is 0 Å². The van der Waals surface area contributed by atoms with Crippen LogP contribution >= 0.6 is 0 Å². The van der Waals surface area contributed by atoms with Crippen molar-refractivity contribution < 1.29 is 23.8 Å². The van der Waals surface area contributed by atoms with Gasteiger partial charge in [-0.3, -0.25) is 0 Å². The smallest absolute Gasteiger partial charge is 0.338 e. The second kappa shape index (κ2) is 23.4. The second-order valence-electron chi connectivity index (χ2n) is 16.6. The minimum absolute atomic E-state index is 0.275. The average Bonchev–Trinajstić information content (AvgIpc) is 3.34. The van der Waals surface area contributed by atoms with E-state index in [0.717, 1.165) is 95.9 Å². The van der Waals surface area contributed by atoms with Gasteiger partial charge in [0.05, 0.1) is 24.3 Å². The van der Waals surface area contributed by atoms with Gasteiger partial charge >= 0.3 is 11.9 Å². The molecule has 9 heteroatoms. The number of nitrogens with zero attached hydrogens (tertiary/aromatic N) is 4. The SMILES string of the molecule is CCCCc1cnc(-c2ccc(C(OC(c3ccc(C(=O)OCC(C)CC)cc3)c3ccc(-c4ncc(CCCC)cn4)cc3)c3ccc(C(=O)OCC(C)CC)cc3)cc2)nc1. The maximum Gasteiger partial charge on any atom is 0.338 e. The van der Waals surface area contributed by atoms with Crippen molar-refractivity contribution in [1.29, 1.82) is 0 Å². The highest BCUT2D eigenvalue weighted by atomic mass is 16.5. The number of rotatable bonds is 22. The lowest BCUT2D eigenvalue weighted by Crippen LogP contribution is -2.15. The molecule has 0 aliphatic heterocycles. The van der Waals surface area contributed by atoms with Gasteiger partial charge in [0.2, 0.25) is 0 Å². The standard InChI is InChI=1S/C54H62N4O5/c1-7-11-13-39-31-55-51(56-32-39)45-23-15-41(16-24-45)49(43-19-27-47(28-20-43)53(59)61-35-37(5)9-3)63-50(44-21-29-48(30-22-44)54(60)62-36-38(6)10-4)42-17-25-46(26-18-42)52-57-33-40(34-58-52)14-12-8-2/h15-34,37-38,49-50H,7-14,35-36H2,1-6H3. The summed E-state index contributed by atoms with van der Waals surface area (Å²) < 4.78 is 18.5. The molecule has 0 N–H and O–H groups in total. The Kier molecular flexibility index (Phi) is 17.3. The molecule has 0 saturated heterocycles. The largest absolute Gasteiger partial charge is 0.462 e. The summed E-state index contributed by atoms with van der Waals surface area (Å²) in [6, 6.07) is 31.1. The number of hydrogen-bond acceptors (Lipinski definition) is 9. The number of carbonyl (C=O) groups excluding carboxylic acids is 2. The maximum absolute atomic E-state index is 13.1. The number of aryl methyl sites for hydroxylation is 2. The molecule has 0 fully saturated rings. The lowest BCUT2D eigenvalue weighted by molar-refractivity contribution is 0.0306. The first-order valence-electron chi connectivity index (χ1n) is 22.7. The summed E-state index contributed by atoms with van der Waals surface area (Å²) in [6.45, 7) is 13.4. The number of esters is 2. The van der Waals surface area contributed by atoms with Gasteiger partial charge in [0.1, 0.15) is 12.2 Å². The van der Waals surface area contributed by atoms with E-state index in [1.165, 1.54) is 0 Å². The number of unbranched alkanes of at least 4 members (excludes halogenated alkanes) is 2. The van der Waals surface area contributed by atoms with Crippen molar-refractivity contribution in [3.8, 4) is 22.8 Å². The zero-order chi connectivity index (χ0) is 44.6. The zero-order valence-electron chi connectivity index (χ0n) is 37.8. The van der Waals surface area contributed by atoms with E-state index in [9.17, 15) is 9.59 Å². The first kappa shape index (κ1) is 46.4. The molecule has 63 heavy (non-hydrogen) atoms. The molecule has 0 radical (unpaired) electrons. The minimum atomic E-state index is -0.578. The van der Waals surface area contributed by atoms with Crippen LogP contribution in [0.1, 0.15) is 146 Å². The Morgan fingerprint density at radius 3 is 1.10 bits per heavy atom. The Morgan fingerprint density at radius 2 is 0.794 bits per heavy atom. The summed E-state index contributed by atoms with van der Waals surface area (Å²) in [6.07, 6.45) is 14.7. The average molecular weight is 847 g/mol. The number of ether oxygens (including phenoxy) is 3. The van der Waals surface area contributed by atoms with Crippen LogP contribution in [0.2, 0.25) is 0 Å². The van der Waals surface area contributed by atoms with Crippen LogP contribution < -0.4 is 0 Å². The molecule has 6 rings (SSSR count). The van der Waals surface area contributed by atoms with Gasteiger partial charge in [0.25, 0.3) is 0 Å². The summed E-state index contributed by atoms with van der Waals surface area (Å²) >= 11 is 0. The maximum atomic E-state index is 13.1. The van der Waals surface area contributed by atoms with Crippen molar-refractivity contribution in [3.05, 3.63) is 166 Å². The van der Waals surface area contributed by atoms with Gasteiger partial charge in [-0.25, -0.2) is 29.5 Å². The summed E-state index contributed by atoms with van der Waals surface area (Å²) in [7, 11) is 0. The quantitative estimate of drug-likeness (QED) is 0.0616. The summed E-state index contributed by atoms with van der Waals surface area (Å²) in [5.41, 5.74) is 8.47. The fraction of sp³-hybridized carbons (Fsp3) is 0.370. The molecule has 0 amide bonds. The van der Waals surface area contributed by atoms with E-state index >= 15 is 0 Å². The Labute approximate surface area is 373 Å². The third kappa shape index (κ3) is 13.0. The zero-order valence-corrected chi connectivity index (χ0v) is 37.8. The van der Waals surface area contributed by atoms with Crippen LogP contribution in [0.15, 0.2) is 122 Å². The first-order chi connectivity index (χ1) is 30.7. The Morgan fingerprint density at radius 1 is 0.476 bits per heavy atom. The molecule has 4 aromatic carbocycles. The van der Waals surface area contributed by atoms with Crippen LogP contribution in [-0.2, 0) is 27.1 Å². The molecular weight excluding hydrogens is 785 g/mol. The molecule has 9 nitrogen and oxygen atoms in total. The molecule has 328 valence electrons. The van der Waals surface area contributed by atoms with E-state index in [-0.39, 0.29) is 23.8 Å². The van der Waals surface area contributed by atoms with Crippen molar-refractivity contribution in [1.82, 2.24) is 19.9 Å². The van der Waals surface area contributed by atoms with Crippen molar-refractivity contribution in [2.24, 2.45) is 11.8 Å². The lowest BCUT2D eigenvalue weighted by Gasteiger charge is -2.27. The number of aromatic nitrogens is 4. The van der Waals surface area contributed by atoms with E-state index in [4.69, 9.17) is 14.2 Å². The van der Waals surface area contributed by atoms with Gasteiger partial charge in [-0.05, 0) is 95.2 Å². The van der Waals surface area contributed by atoms with Crippen molar-refractivity contribution >= 4 is 11.9 Å². The molecule has 2 heterocycles. The highest BCUT2D eigenvalue weighted by Gasteiger charge is 2.25. The number of hydrogen-bond donors (Lipinski definition) is 0. The molecule has 0 bridgehead atoms. The molecule has 4 atom stereocenters. The summed E-state index contributed by atoms with van der Waals surface area (Å²) in [4.78, 5) is 44.8. The van der Waals surface area contributed by atoms with Gasteiger partial charge in [-0.1, -0.05) is 140 Å². The first-order valence-corrected chi connectivity index (χ1v) is 22.7. The van der Waals surface area contributed by atoms with E-state index in [1.807, 2.05) is 97.6 Å². The fourth-order valence-electron chi connectivity index (χ4n) is 6.90. The second-order valence-corrected chi connectivity index (χ2v) is 16.6. The highest BCUT2D eigenvalue weighted by molar-refractivity contribution is 5.90. The highest BCUT2D eigenvalue weighted by Crippen LogP contribution is 2.37. The third-order valence-corrected chi connectivity index (χ3v) is 11.6. The molecule has 0 spiro atoms. The van der Waals surface area contributed by atoms with Gasteiger partial charge in [-0.15, -0.1) is 0 Å². The van der Waals surface area contributed by atoms with Crippen molar-refractivity contribution in [3.63, 3.8) is 0 Å². The topological polar surface area (TPSA) is 113 Å². The fourth-order valence-corrected chi connectivity index (χ4v) is 6.90. The van der Waals surface area contributed by atoms with Gasteiger partial charge < -0.3 is 14.2 Å². The van der Waals surface area contributed by atoms with E-state index in [1.54, 1.807) is 24.3 Å². The lowest BCUT2D eigenvalue weighted by atomic mass is 9.95. The van der Waals surface area contributed by atoms with Crippen LogP contribution in [-0.4, -0.2) is 45.1 Å². The molecule has 0 aliphatic rings. The van der Waals surface area contributed by atoms with Crippen LogP contribution in [0.3, 0.4) is 0 Å². The monoisotopic (exact) mass is 846 g/mol. The Balaban J connectivity index is 1.36. The minimum Gasteiger partial charge on any atom is -0.462 e. The normalized spacial score (nSPS) is 13.2. The molecular formula is C54H62N4O5. The molecule has 6 aromatic rings. The molecule has 2 aromatic heterocycles. The van der Waals surface area contributed by atoms with Crippen LogP contribution in [0, 0.1) is 11.8 Å². The van der Waals surface area contributed by atoms with E-state index < -0.39 is 12.2 Å². The Hall–Kier alpha value is -6.06. The number of carbonyl (C=O) groups is 2. The predicted molar refractivity (Wildman–Crippen MR) is 249 cm³/mol. The van der Waals surface area contributed by atoms with Crippen molar-refractivity contribution in [2.75, 3.05) is 13.2 Å². The predicted octanol–water partition coefficient (Wildman–Crippen LogP) is 12.6. The van der Waals surface area contributed by atoms with E-state index in [2.05, 4.69) is 61.5 Å². The van der Waals surface area contributed by atoms with E-state index in [0.29, 0.717) is 36.0 Å². The van der Waals surface area contributed by atoms with Gasteiger partial charge in [-0.2, -0.15) is 0 Å². The van der Waals surface area contributed by atoms with Gasteiger partial charge in [0, 0.05) is 35.9 Å². The summed E-state index contributed by atoms with van der Waals surface area (Å²) in [5, 5.41) is 0. The molecule has 4 unspecified atom stereocenters. The number of benzene rings is 4. The Bertz CT molecular complexity index is 2150. The van der Waals surface area contributed by atoms with Crippen molar-refractivity contribution in [2.45, 2.75) is 105 Å². The third-order valence-electron chi connectivity index (χ3n) is 11.6. The summed E-state index contributed by atoms with van der Waals surface area (Å²) in [5.74, 6) is 1.14. The van der Waals surface area contributed by atoms with Crippen LogP contribution in [0.25, 0.3) is 22.8 Å².